The number of carbonyl (C=O) groups is 1. The van der Waals surface area contributed by atoms with Crippen LogP contribution >= 0.6 is 22.7 Å². The maximum atomic E-state index is 12.5. The Kier molecular flexibility index (Phi) is 4.79. The molecule has 0 aromatic carbocycles. The second-order valence-corrected chi connectivity index (χ2v) is 8.41. The van der Waals surface area contributed by atoms with Gasteiger partial charge in [0, 0.05) is 41.9 Å². The molecule has 0 aliphatic carbocycles. The van der Waals surface area contributed by atoms with E-state index in [9.17, 15) is 4.79 Å². The van der Waals surface area contributed by atoms with E-state index in [1.54, 1.807) is 27.6 Å². The van der Waals surface area contributed by atoms with Crippen molar-refractivity contribution in [2.24, 2.45) is 0 Å². The standard InChI is InChI=1S/C18H19N5O2S2/c1-11-8-23-14(12(2)19-18(23)27-11)9-22(3)16(24)5-4-15-20-17(21-25-15)13-6-7-26-10-13/h6-8,10H,4-5,9H2,1-3H3. The van der Waals surface area contributed by atoms with Gasteiger partial charge in [-0.3, -0.25) is 9.20 Å². The van der Waals surface area contributed by atoms with Crippen molar-refractivity contribution in [1.82, 2.24) is 24.4 Å². The van der Waals surface area contributed by atoms with Gasteiger partial charge >= 0.3 is 0 Å². The Bertz CT molecular complexity index is 1080. The summed E-state index contributed by atoms with van der Waals surface area (Å²) in [5.41, 5.74) is 2.94. The lowest BCUT2D eigenvalue weighted by Gasteiger charge is -2.16. The van der Waals surface area contributed by atoms with Crippen LogP contribution in [0, 0.1) is 13.8 Å². The van der Waals surface area contributed by atoms with Gasteiger partial charge in [-0.05, 0) is 25.3 Å². The lowest BCUT2D eigenvalue weighted by atomic mass is 10.2. The highest BCUT2D eigenvalue weighted by molar-refractivity contribution is 7.17. The van der Waals surface area contributed by atoms with Crippen LogP contribution in [0.15, 0.2) is 27.5 Å². The molecule has 0 unspecified atom stereocenters. The van der Waals surface area contributed by atoms with Crippen LogP contribution in [-0.4, -0.2) is 37.4 Å². The first-order chi connectivity index (χ1) is 13.0. The van der Waals surface area contributed by atoms with Crippen molar-refractivity contribution in [3.05, 3.63) is 45.2 Å². The minimum atomic E-state index is 0.0339. The average Bonchev–Trinajstić information content (AvgIpc) is 3.39. The molecule has 0 saturated carbocycles. The van der Waals surface area contributed by atoms with Gasteiger partial charge in [0.15, 0.2) is 4.96 Å². The van der Waals surface area contributed by atoms with Gasteiger partial charge in [0.1, 0.15) is 0 Å². The molecule has 0 saturated heterocycles. The van der Waals surface area contributed by atoms with Crippen molar-refractivity contribution < 1.29 is 9.32 Å². The van der Waals surface area contributed by atoms with E-state index in [4.69, 9.17) is 4.52 Å². The summed E-state index contributed by atoms with van der Waals surface area (Å²) in [5, 5.41) is 7.91. The van der Waals surface area contributed by atoms with Gasteiger partial charge in [0.2, 0.25) is 17.6 Å². The van der Waals surface area contributed by atoms with Gasteiger partial charge in [-0.25, -0.2) is 4.98 Å². The number of fused-ring (bicyclic) bond motifs is 1. The number of imidazole rings is 1. The van der Waals surface area contributed by atoms with Crippen molar-refractivity contribution in [2.45, 2.75) is 33.2 Å². The number of thiophene rings is 1. The van der Waals surface area contributed by atoms with Crippen molar-refractivity contribution in [3.63, 3.8) is 0 Å². The number of aryl methyl sites for hydroxylation is 3. The molecular weight excluding hydrogens is 382 g/mol. The second kappa shape index (κ2) is 7.24. The van der Waals surface area contributed by atoms with Gasteiger partial charge < -0.3 is 9.42 Å². The quantitative estimate of drug-likeness (QED) is 0.492. The van der Waals surface area contributed by atoms with Crippen molar-refractivity contribution in [2.75, 3.05) is 7.05 Å². The zero-order valence-corrected chi connectivity index (χ0v) is 16.9. The molecule has 0 atom stereocenters. The van der Waals surface area contributed by atoms with Crippen molar-refractivity contribution >= 4 is 33.5 Å². The summed E-state index contributed by atoms with van der Waals surface area (Å²) in [6.07, 6.45) is 2.82. The molecule has 0 bridgehead atoms. The fourth-order valence-electron chi connectivity index (χ4n) is 2.88. The molecule has 4 aromatic heterocycles. The summed E-state index contributed by atoms with van der Waals surface area (Å²) in [5.74, 6) is 1.08. The van der Waals surface area contributed by atoms with Crippen LogP contribution in [0.2, 0.25) is 0 Å². The molecule has 4 aromatic rings. The fourth-order valence-corrected chi connectivity index (χ4v) is 4.41. The zero-order chi connectivity index (χ0) is 19.0. The van der Waals surface area contributed by atoms with Gasteiger partial charge in [-0.15, -0.1) is 11.3 Å². The summed E-state index contributed by atoms with van der Waals surface area (Å²) in [6.45, 7) is 4.56. The fraction of sp³-hybridized carbons (Fsp3) is 0.333. The number of carbonyl (C=O) groups excluding carboxylic acids is 1. The maximum absolute atomic E-state index is 12.5. The highest BCUT2D eigenvalue weighted by Crippen LogP contribution is 2.22. The first-order valence-electron chi connectivity index (χ1n) is 8.54. The maximum Gasteiger partial charge on any atom is 0.227 e. The van der Waals surface area contributed by atoms with Crippen LogP contribution in [0.3, 0.4) is 0 Å². The third-order valence-corrected chi connectivity index (χ3v) is 5.94. The minimum absolute atomic E-state index is 0.0339. The summed E-state index contributed by atoms with van der Waals surface area (Å²) >= 11 is 3.23. The van der Waals surface area contributed by atoms with E-state index in [0.29, 0.717) is 31.1 Å². The molecule has 0 aliphatic rings. The van der Waals surface area contributed by atoms with Crippen LogP contribution in [0.1, 0.15) is 28.6 Å². The molecule has 9 heteroatoms. The molecule has 27 heavy (non-hydrogen) atoms. The van der Waals surface area contributed by atoms with E-state index in [-0.39, 0.29) is 5.91 Å². The van der Waals surface area contributed by atoms with Crippen molar-refractivity contribution in [1.29, 1.82) is 0 Å². The Morgan fingerprint density at radius 2 is 2.19 bits per heavy atom. The lowest BCUT2D eigenvalue weighted by Crippen LogP contribution is -2.27. The molecule has 0 spiro atoms. The van der Waals surface area contributed by atoms with Crippen LogP contribution in [0.4, 0.5) is 0 Å². The Balaban J connectivity index is 1.38. The normalized spacial score (nSPS) is 11.4. The molecule has 7 nitrogen and oxygen atoms in total. The van der Waals surface area contributed by atoms with Crippen LogP contribution in [-0.2, 0) is 17.8 Å². The summed E-state index contributed by atoms with van der Waals surface area (Å²) in [4.78, 5) is 25.4. The Labute approximate surface area is 164 Å². The predicted octanol–water partition coefficient (Wildman–Crippen LogP) is 3.72. The molecule has 4 rings (SSSR count). The Morgan fingerprint density at radius 1 is 1.33 bits per heavy atom. The van der Waals surface area contributed by atoms with Gasteiger partial charge in [0.25, 0.3) is 0 Å². The van der Waals surface area contributed by atoms with Gasteiger partial charge in [0.05, 0.1) is 17.9 Å². The third kappa shape index (κ3) is 3.65. The van der Waals surface area contributed by atoms with Gasteiger partial charge in [-0.1, -0.05) is 5.16 Å². The number of hydrogen-bond donors (Lipinski definition) is 0. The molecule has 1 amide bonds. The SMILES string of the molecule is Cc1cn2c(CN(C)C(=O)CCc3nc(-c4ccsc4)no3)c(C)nc2s1. The Morgan fingerprint density at radius 3 is 2.96 bits per heavy atom. The first kappa shape index (κ1) is 17.9. The number of amides is 1. The van der Waals surface area contributed by atoms with Gasteiger partial charge in [-0.2, -0.15) is 16.3 Å². The van der Waals surface area contributed by atoms with E-state index in [1.165, 1.54) is 4.88 Å². The molecule has 0 radical (unpaired) electrons. The number of thiazole rings is 1. The lowest BCUT2D eigenvalue weighted by molar-refractivity contribution is -0.130. The molecule has 0 fully saturated rings. The molecular formula is C18H19N5O2S2. The van der Waals surface area contributed by atoms with E-state index in [1.807, 2.05) is 30.8 Å². The molecule has 4 heterocycles. The predicted molar refractivity (Wildman–Crippen MR) is 105 cm³/mol. The summed E-state index contributed by atoms with van der Waals surface area (Å²) in [7, 11) is 1.81. The monoisotopic (exact) mass is 401 g/mol. The Hall–Kier alpha value is -2.52. The molecule has 140 valence electrons. The van der Waals surface area contributed by atoms with Crippen LogP contribution < -0.4 is 0 Å². The largest absolute Gasteiger partial charge is 0.340 e. The van der Waals surface area contributed by atoms with E-state index >= 15 is 0 Å². The highest BCUT2D eigenvalue weighted by atomic mass is 32.1. The smallest absolute Gasteiger partial charge is 0.227 e. The topological polar surface area (TPSA) is 76.5 Å². The number of aromatic nitrogens is 4. The average molecular weight is 402 g/mol. The number of rotatable bonds is 6. The molecule has 0 aliphatic heterocycles. The minimum Gasteiger partial charge on any atom is -0.340 e. The van der Waals surface area contributed by atoms with Crippen LogP contribution in [0.5, 0.6) is 0 Å². The summed E-state index contributed by atoms with van der Waals surface area (Å²) in [6, 6.07) is 1.94. The first-order valence-corrected chi connectivity index (χ1v) is 10.3. The van der Waals surface area contributed by atoms with Crippen molar-refractivity contribution in [3.8, 4) is 11.4 Å². The van der Waals surface area contributed by atoms with E-state index in [2.05, 4.69) is 32.6 Å². The second-order valence-electron chi connectivity index (χ2n) is 6.41. The van der Waals surface area contributed by atoms with E-state index in [0.717, 1.165) is 21.9 Å². The molecule has 0 N–H and O–H groups in total. The highest BCUT2D eigenvalue weighted by Gasteiger charge is 2.17. The number of hydrogen-bond acceptors (Lipinski definition) is 7. The number of nitrogens with zero attached hydrogens (tertiary/aromatic N) is 5. The van der Waals surface area contributed by atoms with E-state index < -0.39 is 0 Å². The summed E-state index contributed by atoms with van der Waals surface area (Å²) < 4.78 is 7.34. The van der Waals surface area contributed by atoms with Crippen LogP contribution in [0.25, 0.3) is 16.3 Å². The third-order valence-electron chi connectivity index (χ3n) is 4.35. The zero-order valence-electron chi connectivity index (χ0n) is 15.3.